The number of likely N-dealkylation sites (N-methyl/N-ethyl adjacent to an activating group) is 2. The van der Waals surface area contributed by atoms with Crippen molar-refractivity contribution in [2.45, 2.75) is 24.4 Å². The molecule has 162 valence electrons. The van der Waals surface area contributed by atoms with Gasteiger partial charge in [0.15, 0.2) is 0 Å². The normalized spacial score (nSPS) is 12.5. The standard InChI is InChI=1S/C20H23ClFN3O4S/c1-14(20(27)23-2)25(12-15-4-8-17(22)9-5-15)19(26)13-24(3)30(28,29)18-10-6-16(21)7-11-18/h4-11,14H,12-13H2,1-3H3,(H,23,27)/t14-/m0/s1. The van der Waals surface area contributed by atoms with Gasteiger partial charge in [-0.3, -0.25) is 9.59 Å². The van der Waals surface area contributed by atoms with Crippen LogP contribution < -0.4 is 5.32 Å². The quantitative estimate of drug-likeness (QED) is 0.661. The molecule has 30 heavy (non-hydrogen) atoms. The number of rotatable bonds is 8. The van der Waals surface area contributed by atoms with Crippen molar-refractivity contribution in [2.24, 2.45) is 0 Å². The molecular formula is C20H23ClFN3O4S. The van der Waals surface area contributed by atoms with Crippen LogP contribution in [0.1, 0.15) is 12.5 Å². The van der Waals surface area contributed by atoms with Crippen molar-refractivity contribution in [3.63, 3.8) is 0 Å². The number of nitrogens with zero attached hydrogens (tertiary/aromatic N) is 2. The topological polar surface area (TPSA) is 86.8 Å². The first-order chi connectivity index (χ1) is 14.1. The van der Waals surface area contributed by atoms with Crippen LogP contribution in [-0.2, 0) is 26.2 Å². The van der Waals surface area contributed by atoms with Crippen molar-refractivity contribution >= 4 is 33.4 Å². The third-order valence-electron chi connectivity index (χ3n) is 4.56. The minimum Gasteiger partial charge on any atom is -0.357 e. The molecule has 0 aliphatic rings. The lowest BCUT2D eigenvalue weighted by atomic mass is 10.1. The van der Waals surface area contributed by atoms with Crippen molar-refractivity contribution in [1.29, 1.82) is 0 Å². The van der Waals surface area contributed by atoms with Gasteiger partial charge in [0.25, 0.3) is 0 Å². The molecule has 0 heterocycles. The van der Waals surface area contributed by atoms with Gasteiger partial charge < -0.3 is 10.2 Å². The molecule has 0 aromatic heterocycles. The SMILES string of the molecule is CNC(=O)[C@H](C)N(Cc1ccc(F)cc1)C(=O)CN(C)S(=O)(=O)c1ccc(Cl)cc1. The highest BCUT2D eigenvalue weighted by Crippen LogP contribution is 2.18. The van der Waals surface area contributed by atoms with E-state index >= 15 is 0 Å². The third kappa shape index (κ3) is 5.78. The van der Waals surface area contributed by atoms with Gasteiger partial charge in [0.05, 0.1) is 11.4 Å². The molecule has 0 unspecified atom stereocenters. The Morgan fingerprint density at radius 1 is 1.10 bits per heavy atom. The summed E-state index contributed by atoms with van der Waals surface area (Å²) < 4.78 is 39.6. The second-order valence-corrected chi connectivity index (χ2v) is 9.13. The molecule has 2 aromatic rings. The van der Waals surface area contributed by atoms with E-state index in [0.717, 1.165) is 4.31 Å². The fourth-order valence-electron chi connectivity index (χ4n) is 2.73. The van der Waals surface area contributed by atoms with Gasteiger partial charge in [-0.05, 0) is 48.9 Å². The van der Waals surface area contributed by atoms with E-state index in [9.17, 15) is 22.4 Å². The van der Waals surface area contributed by atoms with Gasteiger partial charge >= 0.3 is 0 Å². The first-order valence-electron chi connectivity index (χ1n) is 9.03. The predicted molar refractivity (Wildman–Crippen MR) is 112 cm³/mol. The number of halogens is 2. The van der Waals surface area contributed by atoms with Crippen molar-refractivity contribution in [3.05, 3.63) is 64.9 Å². The number of nitrogens with one attached hydrogen (secondary N) is 1. The van der Waals surface area contributed by atoms with Crippen LogP contribution in [0.5, 0.6) is 0 Å². The molecule has 2 aromatic carbocycles. The number of amides is 2. The molecule has 1 N–H and O–H groups in total. The minimum atomic E-state index is -3.94. The monoisotopic (exact) mass is 455 g/mol. The summed E-state index contributed by atoms with van der Waals surface area (Å²) in [5.74, 6) is -1.41. The van der Waals surface area contributed by atoms with Crippen molar-refractivity contribution in [3.8, 4) is 0 Å². The van der Waals surface area contributed by atoms with E-state index in [1.807, 2.05) is 0 Å². The lowest BCUT2D eigenvalue weighted by Gasteiger charge is -2.30. The number of hydrogen-bond acceptors (Lipinski definition) is 4. The number of carbonyl (C=O) groups is 2. The van der Waals surface area contributed by atoms with Crippen LogP contribution in [0.25, 0.3) is 0 Å². The summed E-state index contributed by atoms with van der Waals surface area (Å²) >= 11 is 5.80. The molecular weight excluding hydrogens is 433 g/mol. The lowest BCUT2D eigenvalue weighted by Crippen LogP contribution is -2.50. The van der Waals surface area contributed by atoms with Crippen LogP contribution in [0.2, 0.25) is 5.02 Å². The highest BCUT2D eigenvalue weighted by Gasteiger charge is 2.29. The summed E-state index contributed by atoms with van der Waals surface area (Å²) in [4.78, 5) is 26.3. The van der Waals surface area contributed by atoms with Gasteiger partial charge in [-0.15, -0.1) is 0 Å². The van der Waals surface area contributed by atoms with Crippen molar-refractivity contribution < 1.29 is 22.4 Å². The van der Waals surface area contributed by atoms with E-state index < -0.39 is 40.2 Å². The summed E-state index contributed by atoms with van der Waals surface area (Å²) in [6.07, 6.45) is 0. The molecule has 10 heteroatoms. The van der Waals surface area contributed by atoms with Crippen molar-refractivity contribution in [2.75, 3.05) is 20.6 Å². The molecule has 0 fully saturated rings. The van der Waals surface area contributed by atoms with Crippen molar-refractivity contribution in [1.82, 2.24) is 14.5 Å². The molecule has 7 nitrogen and oxygen atoms in total. The summed E-state index contributed by atoms with van der Waals surface area (Å²) in [6, 6.07) is 10.2. The van der Waals surface area contributed by atoms with E-state index in [1.165, 1.54) is 74.4 Å². The summed E-state index contributed by atoms with van der Waals surface area (Å²) in [5.41, 5.74) is 0.601. The Bertz CT molecular complexity index is 998. The summed E-state index contributed by atoms with van der Waals surface area (Å²) in [5, 5.41) is 2.86. The highest BCUT2D eigenvalue weighted by molar-refractivity contribution is 7.89. The van der Waals surface area contributed by atoms with Crippen LogP contribution in [-0.4, -0.2) is 56.1 Å². The number of hydrogen-bond donors (Lipinski definition) is 1. The summed E-state index contributed by atoms with van der Waals surface area (Å²) in [7, 11) is -1.22. The average Bonchev–Trinajstić information content (AvgIpc) is 2.72. The fourth-order valence-corrected chi connectivity index (χ4v) is 3.98. The Morgan fingerprint density at radius 2 is 1.67 bits per heavy atom. The van der Waals surface area contributed by atoms with Gasteiger partial charge in [0.2, 0.25) is 21.8 Å². The van der Waals surface area contributed by atoms with E-state index in [1.54, 1.807) is 0 Å². The Hall–Kier alpha value is -2.49. The largest absolute Gasteiger partial charge is 0.357 e. The van der Waals surface area contributed by atoms with Crippen LogP contribution >= 0.6 is 11.6 Å². The number of carbonyl (C=O) groups excluding carboxylic acids is 2. The fraction of sp³-hybridized carbons (Fsp3) is 0.300. The van der Waals surface area contributed by atoms with Crippen LogP contribution in [0.15, 0.2) is 53.4 Å². The van der Waals surface area contributed by atoms with Gasteiger partial charge in [0.1, 0.15) is 11.9 Å². The van der Waals surface area contributed by atoms with Gasteiger partial charge in [0, 0.05) is 25.7 Å². The lowest BCUT2D eigenvalue weighted by molar-refractivity contribution is -0.140. The molecule has 1 atom stereocenters. The number of benzene rings is 2. The Morgan fingerprint density at radius 3 is 2.20 bits per heavy atom. The zero-order chi connectivity index (χ0) is 22.5. The molecule has 2 rings (SSSR count). The Labute approximate surface area is 180 Å². The summed E-state index contributed by atoms with van der Waals surface area (Å²) in [6.45, 7) is 1.07. The maximum atomic E-state index is 13.2. The first kappa shape index (κ1) is 23.8. The molecule has 0 aliphatic carbocycles. The van der Waals surface area contributed by atoms with E-state index in [4.69, 9.17) is 11.6 Å². The smallest absolute Gasteiger partial charge is 0.243 e. The average molecular weight is 456 g/mol. The first-order valence-corrected chi connectivity index (χ1v) is 10.9. The molecule has 2 amide bonds. The Balaban J connectivity index is 2.24. The maximum absolute atomic E-state index is 13.2. The van der Waals surface area contributed by atoms with Gasteiger partial charge in [-0.25, -0.2) is 12.8 Å². The molecule has 0 radical (unpaired) electrons. The third-order valence-corrected chi connectivity index (χ3v) is 6.63. The van der Waals surface area contributed by atoms with E-state index in [-0.39, 0.29) is 11.4 Å². The second-order valence-electron chi connectivity index (χ2n) is 6.65. The van der Waals surface area contributed by atoms with Crippen LogP contribution in [0.3, 0.4) is 0 Å². The molecule has 0 aliphatic heterocycles. The highest BCUT2D eigenvalue weighted by atomic mass is 35.5. The van der Waals surface area contributed by atoms with E-state index in [2.05, 4.69) is 5.32 Å². The predicted octanol–water partition coefficient (Wildman–Crippen LogP) is 2.26. The minimum absolute atomic E-state index is 0.00775. The van der Waals surface area contributed by atoms with Crippen LogP contribution in [0, 0.1) is 5.82 Å². The van der Waals surface area contributed by atoms with Gasteiger partial charge in [-0.2, -0.15) is 4.31 Å². The second kappa shape index (κ2) is 10.0. The van der Waals surface area contributed by atoms with E-state index in [0.29, 0.717) is 10.6 Å². The van der Waals surface area contributed by atoms with Gasteiger partial charge in [-0.1, -0.05) is 23.7 Å². The Kier molecular flexibility index (Phi) is 7.94. The maximum Gasteiger partial charge on any atom is 0.243 e. The van der Waals surface area contributed by atoms with Crippen LogP contribution in [0.4, 0.5) is 4.39 Å². The molecule has 0 bridgehead atoms. The zero-order valence-corrected chi connectivity index (χ0v) is 18.4. The molecule has 0 saturated carbocycles. The number of sulfonamides is 1. The zero-order valence-electron chi connectivity index (χ0n) is 16.8. The molecule has 0 spiro atoms. The molecule has 0 saturated heterocycles.